The van der Waals surface area contributed by atoms with E-state index in [0.29, 0.717) is 5.92 Å². The Labute approximate surface area is 100.0 Å². The lowest BCUT2D eigenvalue weighted by atomic mass is 10.2. The summed E-state index contributed by atoms with van der Waals surface area (Å²) in [7, 11) is 0. The molecule has 0 saturated heterocycles. The van der Waals surface area contributed by atoms with Crippen LogP contribution in [0.15, 0.2) is 21.3 Å². The molecule has 0 aliphatic heterocycles. The molecule has 0 saturated carbocycles. The predicted octanol–water partition coefficient (Wildman–Crippen LogP) is 4.76. The maximum absolute atomic E-state index is 4.60. The number of rotatable bonds is 2. The first-order chi connectivity index (χ1) is 6.66. The van der Waals surface area contributed by atoms with Crippen LogP contribution >= 0.6 is 38.6 Å². The Bertz CT molecular complexity index is 431. The number of thiophene rings is 1. The average Bonchev–Trinajstić information content (AvgIpc) is 2.70. The molecule has 0 bridgehead atoms. The third kappa shape index (κ3) is 2.07. The van der Waals surface area contributed by atoms with E-state index in [1.165, 1.54) is 10.6 Å². The summed E-state index contributed by atoms with van der Waals surface area (Å²) >= 11 is 6.90. The smallest absolute Gasteiger partial charge is 0.133 e. The van der Waals surface area contributed by atoms with Crippen LogP contribution in [0.5, 0.6) is 0 Å². The van der Waals surface area contributed by atoms with Gasteiger partial charge in [-0.25, -0.2) is 4.98 Å². The second-order valence-corrected chi connectivity index (χ2v) is 6.05. The molecule has 0 aliphatic rings. The van der Waals surface area contributed by atoms with Gasteiger partial charge < -0.3 is 0 Å². The Hall–Kier alpha value is -0.190. The Balaban J connectivity index is 2.33. The summed E-state index contributed by atoms with van der Waals surface area (Å²) in [5.74, 6) is 0.517. The Morgan fingerprint density at radius 3 is 2.57 bits per heavy atom. The molecule has 0 N–H and O–H groups in total. The highest BCUT2D eigenvalue weighted by Gasteiger charge is 2.08. The minimum Gasteiger partial charge on any atom is -0.240 e. The first kappa shape index (κ1) is 10.3. The molecule has 4 heteroatoms. The second kappa shape index (κ2) is 4.13. The fourth-order valence-electron chi connectivity index (χ4n) is 1.09. The van der Waals surface area contributed by atoms with Crippen molar-refractivity contribution in [2.45, 2.75) is 19.8 Å². The Morgan fingerprint density at radius 2 is 2.07 bits per heavy atom. The quantitative estimate of drug-likeness (QED) is 0.776. The van der Waals surface area contributed by atoms with E-state index < -0.39 is 0 Å². The largest absolute Gasteiger partial charge is 0.240 e. The standard InChI is InChI=1S/C10H10BrNS2/c1-6(2)8-5-14-10(12-8)9-3-7(11)4-13-9/h3-6H,1-2H3. The minimum atomic E-state index is 0.517. The van der Waals surface area contributed by atoms with Gasteiger partial charge in [0.05, 0.1) is 10.6 Å². The van der Waals surface area contributed by atoms with Crippen LogP contribution in [-0.2, 0) is 0 Å². The highest BCUT2D eigenvalue weighted by Crippen LogP contribution is 2.33. The van der Waals surface area contributed by atoms with Gasteiger partial charge in [0, 0.05) is 15.2 Å². The van der Waals surface area contributed by atoms with Crippen LogP contribution in [-0.4, -0.2) is 4.98 Å². The molecular formula is C10H10BrNS2. The van der Waals surface area contributed by atoms with E-state index >= 15 is 0 Å². The van der Waals surface area contributed by atoms with E-state index in [1.54, 1.807) is 22.7 Å². The summed E-state index contributed by atoms with van der Waals surface area (Å²) < 4.78 is 1.14. The Kier molecular flexibility index (Phi) is 3.04. The zero-order chi connectivity index (χ0) is 10.1. The molecule has 0 amide bonds. The van der Waals surface area contributed by atoms with E-state index in [9.17, 15) is 0 Å². The first-order valence-corrected chi connectivity index (χ1v) is 6.92. The Morgan fingerprint density at radius 1 is 1.29 bits per heavy atom. The fourth-order valence-corrected chi connectivity index (χ4v) is 3.58. The van der Waals surface area contributed by atoms with Gasteiger partial charge in [-0.15, -0.1) is 22.7 Å². The van der Waals surface area contributed by atoms with Gasteiger partial charge in [-0.1, -0.05) is 13.8 Å². The predicted molar refractivity (Wildman–Crippen MR) is 67.2 cm³/mol. The number of thiazole rings is 1. The summed E-state index contributed by atoms with van der Waals surface area (Å²) in [6, 6.07) is 2.12. The molecule has 2 heterocycles. The molecule has 74 valence electrons. The van der Waals surface area contributed by atoms with Crippen LogP contribution in [0.3, 0.4) is 0 Å². The average molecular weight is 288 g/mol. The van der Waals surface area contributed by atoms with E-state index in [4.69, 9.17) is 0 Å². The lowest BCUT2D eigenvalue weighted by Crippen LogP contribution is -1.85. The van der Waals surface area contributed by atoms with E-state index in [1.807, 2.05) is 0 Å². The summed E-state index contributed by atoms with van der Waals surface area (Å²) in [5, 5.41) is 5.36. The molecule has 0 fully saturated rings. The molecule has 2 rings (SSSR count). The number of hydrogen-bond acceptors (Lipinski definition) is 3. The molecule has 1 nitrogen and oxygen atoms in total. The van der Waals surface area contributed by atoms with Crippen molar-refractivity contribution in [3.05, 3.63) is 27.0 Å². The highest BCUT2D eigenvalue weighted by atomic mass is 79.9. The third-order valence-corrected chi connectivity index (χ3v) is 4.61. The zero-order valence-corrected chi connectivity index (χ0v) is 11.2. The van der Waals surface area contributed by atoms with Crippen LogP contribution in [0.25, 0.3) is 9.88 Å². The van der Waals surface area contributed by atoms with Gasteiger partial charge in [-0.3, -0.25) is 0 Å². The topological polar surface area (TPSA) is 12.9 Å². The molecule has 2 aromatic heterocycles. The van der Waals surface area contributed by atoms with Crippen LogP contribution in [0, 0.1) is 0 Å². The van der Waals surface area contributed by atoms with Gasteiger partial charge in [0.25, 0.3) is 0 Å². The van der Waals surface area contributed by atoms with Crippen molar-refractivity contribution in [3.63, 3.8) is 0 Å². The van der Waals surface area contributed by atoms with Crippen LogP contribution < -0.4 is 0 Å². The molecule has 0 atom stereocenters. The lowest BCUT2D eigenvalue weighted by Gasteiger charge is -1.96. The van der Waals surface area contributed by atoms with Gasteiger partial charge >= 0.3 is 0 Å². The fraction of sp³-hybridized carbons (Fsp3) is 0.300. The lowest BCUT2D eigenvalue weighted by molar-refractivity contribution is 0.834. The molecule has 0 unspecified atom stereocenters. The molecule has 0 spiro atoms. The maximum atomic E-state index is 4.60. The molecule has 14 heavy (non-hydrogen) atoms. The summed E-state index contributed by atoms with van der Waals surface area (Å²) in [4.78, 5) is 5.85. The first-order valence-electron chi connectivity index (χ1n) is 4.36. The normalized spacial score (nSPS) is 11.1. The second-order valence-electron chi connectivity index (χ2n) is 3.36. The van der Waals surface area contributed by atoms with Crippen LogP contribution in [0.4, 0.5) is 0 Å². The van der Waals surface area contributed by atoms with E-state index in [0.717, 1.165) is 9.48 Å². The number of nitrogens with zero attached hydrogens (tertiary/aromatic N) is 1. The van der Waals surface area contributed by atoms with Gasteiger partial charge in [0.15, 0.2) is 0 Å². The van der Waals surface area contributed by atoms with Gasteiger partial charge in [-0.05, 0) is 27.9 Å². The molecule has 0 aromatic carbocycles. The monoisotopic (exact) mass is 287 g/mol. The number of halogens is 1. The summed E-state index contributed by atoms with van der Waals surface area (Å²) in [5.41, 5.74) is 1.19. The van der Waals surface area contributed by atoms with Gasteiger partial charge in [-0.2, -0.15) is 0 Å². The number of aromatic nitrogens is 1. The van der Waals surface area contributed by atoms with Crippen molar-refractivity contribution in [1.29, 1.82) is 0 Å². The van der Waals surface area contributed by atoms with Crippen LogP contribution in [0.1, 0.15) is 25.5 Å². The van der Waals surface area contributed by atoms with Gasteiger partial charge in [0.1, 0.15) is 5.01 Å². The minimum absolute atomic E-state index is 0.517. The van der Waals surface area contributed by atoms with E-state index in [-0.39, 0.29) is 0 Å². The molecule has 2 aromatic rings. The summed E-state index contributed by atoms with van der Waals surface area (Å²) in [6.07, 6.45) is 0. The third-order valence-electron chi connectivity index (χ3n) is 1.89. The maximum Gasteiger partial charge on any atom is 0.133 e. The highest BCUT2D eigenvalue weighted by molar-refractivity contribution is 9.10. The SMILES string of the molecule is CC(C)c1csc(-c2cc(Br)cs2)n1. The van der Waals surface area contributed by atoms with Crippen molar-refractivity contribution >= 4 is 38.6 Å². The van der Waals surface area contributed by atoms with E-state index in [2.05, 4.69) is 51.6 Å². The molecule has 0 aliphatic carbocycles. The number of hydrogen-bond donors (Lipinski definition) is 0. The molecular weight excluding hydrogens is 278 g/mol. The van der Waals surface area contributed by atoms with Gasteiger partial charge in [0.2, 0.25) is 0 Å². The van der Waals surface area contributed by atoms with Crippen molar-refractivity contribution in [1.82, 2.24) is 4.98 Å². The molecule has 0 radical (unpaired) electrons. The van der Waals surface area contributed by atoms with Crippen LogP contribution in [0.2, 0.25) is 0 Å². The van der Waals surface area contributed by atoms with Crippen molar-refractivity contribution in [3.8, 4) is 9.88 Å². The zero-order valence-electron chi connectivity index (χ0n) is 7.95. The van der Waals surface area contributed by atoms with Crippen molar-refractivity contribution in [2.24, 2.45) is 0 Å². The summed E-state index contributed by atoms with van der Waals surface area (Å²) in [6.45, 7) is 4.34. The van der Waals surface area contributed by atoms with Crippen molar-refractivity contribution in [2.75, 3.05) is 0 Å². The van der Waals surface area contributed by atoms with Crippen molar-refractivity contribution < 1.29 is 0 Å².